The first-order chi connectivity index (χ1) is 10.4. The number of para-hydroxylation sites is 1. The van der Waals surface area contributed by atoms with Crippen LogP contribution in [0.25, 0.3) is 0 Å². The molecule has 0 unspecified atom stereocenters. The number of nitro groups is 1. The van der Waals surface area contributed by atoms with Crippen LogP contribution >= 0.6 is 11.6 Å². The number of ether oxygens (including phenoxy) is 1. The minimum Gasteiger partial charge on any atom is -0.456 e. The Morgan fingerprint density at radius 2 is 1.86 bits per heavy atom. The molecule has 22 heavy (non-hydrogen) atoms. The zero-order valence-electron chi connectivity index (χ0n) is 12.1. The van der Waals surface area contributed by atoms with Crippen molar-refractivity contribution in [1.29, 1.82) is 0 Å². The summed E-state index contributed by atoms with van der Waals surface area (Å²) in [6, 6.07) is 11.2. The Morgan fingerprint density at radius 1 is 1.23 bits per heavy atom. The lowest BCUT2D eigenvalue weighted by atomic mass is 9.99. The second-order valence-electron chi connectivity index (χ2n) is 4.99. The molecule has 0 amide bonds. The fourth-order valence-electron chi connectivity index (χ4n) is 1.90. The summed E-state index contributed by atoms with van der Waals surface area (Å²) in [4.78, 5) is 22.7. The van der Waals surface area contributed by atoms with Gasteiger partial charge in [-0.2, -0.15) is 0 Å². The summed E-state index contributed by atoms with van der Waals surface area (Å²) in [5.41, 5.74) is -0.320. The van der Waals surface area contributed by atoms with Crippen molar-refractivity contribution in [1.82, 2.24) is 0 Å². The van der Waals surface area contributed by atoms with E-state index in [0.29, 0.717) is 5.75 Å². The molecule has 0 aromatic heterocycles. The van der Waals surface area contributed by atoms with Gasteiger partial charge >= 0.3 is 0 Å². The summed E-state index contributed by atoms with van der Waals surface area (Å²) < 4.78 is 5.55. The van der Waals surface area contributed by atoms with Gasteiger partial charge < -0.3 is 4.74 Å². The van der Waals surface area contributed by atoms with Crippen molar-refractivity contribution in [2.45, 2.75) is 13.8 Å². The molecule has 0 saturated carbocycles. The molecule has 0 fully saturated rings. The number of hydrogen-bond acceptors (Lipinski definition) is 4. The van der Waals surface area contributed by atoms with E-state index in [1.165, 1.54) is 12.1 Å². The Hall–Kier alpha value is -2.40. The number of Topliss-reactive ketones (excluding diaryl/α,β-unsaturated/α-hetero) is 1. The van der Waals surface area contributed by atoms with E-state index in [9.17, 15) is 14.9 Å². The zero-order valence-corrected chi connectivity index (χ0v) is 12.8. The van der Waals surface area contributed by atoms with Crippen LogP contribution in [0.4, 0.5) is 5.69 Å². The molecule has 0 aliphatic carbocycles. The molecule has 2 rings (SSSR count). The predicted molar refractivity (Wildman–Crippen MR) is 83.8 cm³/mol. The number of benzene rings is 2. The molecule has 114 valence electrons. The predicted octanol–water partition coefficient (Wildman–Crippen LogP) is 4.88. The first kappa shape index (κ1) is 16.0. The second kappa shape index (κ2) is 6.58. The van der Waals surface area contributed by atoms with Crippen LogP contribution in [0.2, 0.25) is 5.02 Å². The molecule has 0 saturated heterocycles. The molecule has 0 aliphatic heterocycles. The lowest BCUT2D eigenvalue weighted by Crippen LogP contribution is -2.10. The Balaban J connectivity index is 2.48. The Labute approximate surface area is 132 Å². The van der Waals surface area contributed by atoms with Crippen LogP contribution < -0.4 is 4.74 Å². The molecule has 0 spiro atoms. The normalized spacial score (nSPS) is 10.5. The minimum atomic E-state index is -0.607. The van der Waals surface area contributed by atoms with Gasteiger partial charge in [-0.05, 0) is 18.2 Å². The summed E-state index contributed by atoms with van der Waals surface area (Å²) in [6.07, 6.45) is 0. The molecule has 2 aromatic rings. The third-order valence-electron chi connectivity index (χ3n) is 3.01. The highest BCUT2D eigenvalue weighted by Gasteiger charge is 2.25. The van der Waals surface area contributed by atoms with Gasteiger partial charge in [0.1, 0.15) is 5.75 Å². The average molecular weight is 320 g/mol. The number of carbonyl (C=O) groups is 1. The Bertz CT molecular complexity index is 714. The number of nitro benzene ring substituents is 1. The molecule has 0 bridgehead atoms. The van der Waals surface area contributed by atoms with E-state index in [2.05, 4.69) is 0 Å². The number of hydrogen-bond donors (Lipinski definition) is 0. The monoisotopic (exact) mass is 319 g/mol. The van der Waals surface area contributed by atoms with Crippen LogP contribution in [0.1, 0.15) is 24.2 Å². The van der Waals surface area contributed by atoms with Gasteiger partial charge in [0, 0.05) is 5.92 Å². The lowest BCUT2D eigenvalue weighted by molar-refractivity contribution is -0.385. The first-order valence-corrected chi connectivity index (χ1v) is 7.03. The van der Waals surface area contributed by atoms with Crippen molar-refractivity contribution in [2.75, 3.05) is 0 Å². The number of carbonyl (C=O) groups excluding carboxylic acids is 1. The molecule has 0 atom stereocenters. The maximum absolute atomic E-state index is 12.1. The molecule has 5 nitrogen and oxygen atoms in total. The van der Waals surface area contributed by atoms with Crippen LogP contribution in [-0.4, -0.2) is 10.7 Å². The van der Waals surface area contributed by atoms with Crippen molar-refractivity contribution >= 4 is 23.1 Å². The van der Waals surface area contributed by atoms with Gasteiger partial charge in [-0.15, -0.1) is 0 Å². The standard InChI is InChI=1S/C16H14ClNO4/c1-10(2)16(19)12-8-13(17)15(9-14(12)18(20)21)22-11-6-4-3-5-7-11/h3-10H,1-2H3. The molecule has 0 N–H and O–H groups in total. The van der Waals surface area contributed by atoms with Gasteiger partial charge in [-0.1, -0.05) is 43.6 Å². The third-order valence-corrected chi connectivity index (χ3v) is 3.30. The fourth-order valence-corrected chi connectivity index (χ4v) is 2.10. The van der Waals surface area contributed by atoms with E-state index in [4.69, 9.17) is 16.3 Å². The molecule has 2 aromatic carbocycles. The van der Waals surface area contributed by atoms with E-state index in [1.54, 1.807) is 38.1 Å². The van der Waals surface area contributed by atoms with Crippen LogP contribution in [0.3, 0.4) is 0 Å². The molecule has 0 radical (unpaired) electrons. The van der Waals surface area contributed by atoms with Crippen LogP contribution in [0.15, 0.2) is 42.5 Å². The zero-order chi connectivity index (χ0) is 16.3. The lowest BCUT2D eigenvalue weighted by Gasteiger charge is -2.10. The van der Waals surface area contributed by atoms with Crippen LogP contribution in [-0.2, 0) is 0 Å². The van der Waals surface area contributed by atoms with Crippen LogP contribution in [0.5, 0.6) is 11.5 Å². The summed E-state index contributed by atoms with van der Waals surface area (Å²) in [5, 5.41) is 11.4. The van der Waals surface area contributed by atoms with E-state index in [0.717, 1.165) is 0 Å². The molecule has 6 heteroatoms. The SMILES string of the molecule is CC(C)C(=O)c1cc(Cl)c(Oc2ccccc2)cc1[N+](=O)[O-]. The van der Waals surface area contributed by atoms with Gasteiger partial charge in [0.25, 0.3) is 5.69 Å². The summed E-state index contributed by atoms with van der Waals surface area (Å²) in [7, 11) is 0. The molecular weight excluding hydrogens is 306 g/mol. The second-order valence-corrected chi connectivity index (χ2v) is 5.40. The number of nitrogens with zero attached hydrogens (tertiary/aromatic N) is 1. The average Bonchev–Trinajstić information content (AvgIpc) is 2.48. The van der Waals surface area contributed by atoms with Crippen molar-refractivity contribution in [3.8, 4) is 11.5 Å². The van der Waals surface area contributed by atoms with E-state index in [-0.39, 0.29) is 33.7 Å². The summed E-state index contributed by atoms with van der Waals surface area (Å²) in [6.45, 7) is 3.35. The van der Waals surface area contributed by atoms with E-state index in [1.807, 2.05) is 6.07 Å². The largest absolute Gasteiger partial charge is 0.456 e. The van der Waals surface area contributed by atoms with Crippen molar-refractivity contribution in [2.24, 2.45) is 5.92 Å². The highest BCUT2D eigenvalue weighted by atomic mass is 35.5. The topological polar surface area (TPSA) is 69.4 Å². The quantitative estimate of drug-likeness (QED) is 0.447. The molecule has 0 aliphatic rings. The highest BCUT2D eigenvalue weighted by Crippen LogP contribution is 2.36. The maximum atomic E-state index is 12.1. The fraction of sp³-hybridized carbons (Fsp3) is 0.188. The van der Waals surface area contributed by atoms with Gasteiger partial charge in [0.05, 0.1) is 21.6 Å². The third kappa shape index (κ3) is 3.43. The smallest absolute Gasteiger partial charge is 0.284 e. The maximum Gasteiger partial charge on any atom is 0.284 e. The van der Waals surface area contributed by atoms with Crippen molar-refractivity contribution < 1.29 is 14.5 Å². The molecular formula is C16H14ClNO4. The number of ketones is 1. The Morgan fingerprint density at radius 3 is 2.41 bits per heavy atom. The van der Waals surface area contributed by atoms with E-state index >= 15 is 0 Å². The van der Waals surface area contributed by atoms with Crippen LogP contribution in [0, 0.1) is 16.0 Å². The summed E-state index contributed by atoms with van der Waals surface area (Å²) in [5.74, 6) is -0.0583. The number of halogens is 1. The van der Waals surface area contributed by atoms with Gasteiger partial charge in [-0.25, -0.2) is 0 Å². The Kier molecular flexibility index (Phi) is 4.78. The minimum absolute atomic E-state index is 0.00888. The van der Waals surface area contributed by atoms with Gasteiger partial charge in [-0.3, -0.25) is 14.9 Å². The van der Waals surface area contributed by atoms with Crippen molar-refractivity contribution in [3.63, 3.8) is 0 Å². The first-order valence-electron chi connectivity index (χ1n) is 6.65. The summed E-state index contributed by atoms with van der Waals surface area (Å²) >= 11 is 6.10. The number of rotatable bonds is 5. The van der Waals surface area contributed by atoms with Crippen molar-refractivity contribution in [3.05, 3.63) is 63.2 Å². The van der Waals surface area contributed by atoms with Gasteiger partial charge in [0.2, 0.25) is 0 Å². The van der Waals surface area contributed by atoms with Gasteiger partial charge in [0.15, 0.2) is 11.5 Å². The highest BCUT2D eigenvalue weighted by molar-refractivity contribution is 6.32. The molecule has 0 heterocycles. The van der Waals surface area contributed by atoms with E-state index < -0.39 is 4.92 Å².